The molecule has 26 heavy (non-hydrogen) atoms. The van der Waals surface area contributed by atoms with Gasteiger partial charge in [-0.05, 0) is 56.2 Å². The maximum Gasteiger partial charge on any atom is 0.164 e. The van der Waals surface area contributed by atoms with Gasteiger partial charge in [-0.1, -0.05) is 0 Å². The van der Waals surface area contributed by atoms with Crippen molar-refractivity contribution in [3.05, 3.63) is 35.0 Å². The lowest BCUT2D eigenvalue weighted by atomic mass is 9.80. The summed E-state index contributed by atoms with van der Waals surface area (Å²) in [5, 5.41) is 4.84. The summed E-state index contributed by atoms with van der Waals surface area (Å²) in [6.07, 6.45) is 10.6. The summed E-state index contributed by atoms with van der Waals surface area (Å²) in [6, 6.07) is 3.94. The first-order chi connectivity index (χ1) is 12.8. The molecule has 5 nitrogen and oxygen atoms in total. The van der Waals surface area contributed by atoms with E-state index in [-0.39, 0.29) is 5.60 Å². The summed E-state index contributed by atoms with van der Waals surface area (Å²) in [5.74, 6) is 1.70. The van der Waals surface area contributed by atoms with Crippen molar-refractivity contribution in [3.8, 4) is 11.4 Å². The van der Waals surface area contributed by atoms with Gasteiger partial charge in [0.05, 0.1) is 11.0 Å². The number of methoxy groups -OCH3 is 1. The molecule has 2 aliphatic rings. The van der Waals surface area contributed by atoms with Crippen LogP contribution < -0.4 is 5.32 Å². The van der Waals surface area contributed by atoms with Crippen LogP contribution in [0.3, 0.4) is 0 Å². The average molecular weight is 366 g/mol. The van der Waals surface area contributed by atoms with E-state index < -0.39 is 0 Å². The minimum atomic E-state index is -0.0368. The van der Waals surface area contributed by atoms with Gasteiger partial charge >= 0.3 is 0 Å². The highest BCUT2D eigenvalue weighted by atomic mass is 32.1. The minimum Gasteiger partial charge on any atom is -0.376 e. The second-order valence-electron chi connectivity index (χ2n) is 7.27. The molecule has 0 radical (unpaired) electrons. The fraction of sp³-hybridized carbons (Fsp3) is 0.450. The van der Waals surface area contributed by atoms with E-state index in [0.717, 1.165) is 47.8 Å². The second kappa shape index (κ2) is 6.28. The molecule has 5 rings (SSSR count). The molecule has 0 amide bonds. The molecular formula is C20H22N4OS. The summed E-state index contributed by atoms with van der Waals surface area (Å²) in [5.41, 5.74) is 2.37. The second-order valence-corrected chi connectivity index (χ2v) is 8.35. The third-order valence-corrected chi connectivity index (χ3v) is 6.95. The molecule has 1 saturated carbocycles. The molecule has 3 aromatic rings. The van der Waals surface area contributed by atoms with Crippen molar-refractivity contribution in [1.29, 1.82) is 0 Å². The molecule has 1 fully saturated rings. The van der Waals surface area contributed by atoms with Gasteiger partial charge in [0.15, 0.2) is 5.82 Å². The van der Waals surface area contributed by atoms with E-state index in [9.17, 15) is 0 Å². The summed E-state index contributed by atoms with van der Waals surface area (Å²) in [4.78, 5) is 16.6. The number of fused-ring (bicyclic) bond motifs is 3. The number of pyridine rings is 1. The van der Waals surface area contributed by atoms with Crippen molar-refractivity contribution in [2.24, 2.45) is 0 Å². The molecule has 3 heterocycles. The van der Waals surface area contributed by atoms with E-state index in [2.05, 4.69) is 10.3 Å². The molecule has 0 aliphatic heterocycles. The predicted molar refractivity (Wildman–Crippen MR) is 105 cm³/mol. The Labute approximate surface area is 156 Å². The Morgan fingerprint density at radius 2 is 2.15 bits per heavy atom. The van der Waals surface area contributed by atoms with Gasteiger partial charge in [-0.15, -0.1) is 11.3 Å². The largest absolute Gasteiger partial charge is 0.376 e. The summed E-state index contributed by atoms with van der Waals surface area (Å²) in [6.45, 7) is 0.798. The van der Waals surface area contributed by atoms with Gasteiger partial charge in [-0.2, -0.15) is 0 Å². The predicted octanol–water partition coefficient (Wildman–Crippen LogP) is 4.22. The SMILES string of the molecule is COC1(CNc2nc(-c3cccnc3)nc3sc4c(c23)CCC4)CCC1. The number of nitrogens with one attached hydrogen (secondary N) is 1. The molecule has 0 aromatic carbocycles. The number of ether oxygens (including phenoxy) is 1. The van der Waals surface area contributed by atoms with Crippen molar-refractivity contribution in [2.45, 2.75) is 44.1 Å². The lowest BCUT2D eigenvalue weighted by Crippen LogP contribution is -2.45. The molecular weight excluding hydrogens is 344 g/mol. The number of hydrogen-bond acceptors (Lipinski definition) is 6. The highest BCUT2D eigenvalue weighted by Crippen LogP contribution is 2.41. The zero-order valence-corrected chi connectivity index (χ0v) is 15.7. The number of aryl methyl sites for hydroxylation is 2. The smallest absolute Gasteiger partial charge is 0.164 e. The third kappa shape index (κ3) is 2.59. The average Bonchev–Trinajstić information content (AvgIpc) is 3.22. The first-order valence-electron chi connectivity index (χ1n) is 9.30. The zero-order chi connectivity index (χ0) is 17.6. The summed E-state index contributed by atoms with van der Waals surface area (Å²) in [7, 11) is 1.82. The number of aromatic nitrogens is 3. The minimum absolute atomic E-state index is 0.0368. The van der Waals surface area contributed by atoms with Crippen molar-refractivity contribution >= 4 is 27.4 Å². The first-order valence-corrected chi connectivity index (χ1v) is 10.1. The number of anilines is 1. The normalized spacial score (nSPS) is 17.9. The fourth-order valence-corrected chi connectivity index (χ4v) is 5.28. The molecule has 0 bridgehead atoms. The lowest BCUT2D eigenvalue weighted by molar-refractivity contribution is -0.0601. The van der Waals surface area contributed by atoms with Gasteiger partial charge in [0, 0.05) is 36.5 Å². The number of hydrogen-bond donors (Lipinski definition) is 1. The Kier molecular flexibility index (Phi) is 3.90. The lowest BCUT2D eigenvalue weighted by Gasteiger charge is -2.40. The molecule has 3 aromatic heterocycles. The Balaban J connectivity index is 1.59. The molecule has 0 spiro atoms. The van der Waals surface area contributed by atoms with Crippen LogP contribution in [-0.2, 0) is 17.6 Å². The van der Waals surface area contributed by atoms with Gasteiger partial charge in [0.1, 0.15) is 10.6 Å². The highest BCUT2D eigenvalue weighted by molar-refractivity contribution is 7.19. The number of thiophene rings is 1. The van der Waals surface area contributed by atoms with Crippen molar-refractivity contribution in [2.75, 3.05) is 19.0 Å². The van der Waals surface area contributed by atoms with Crippen LogP contribution in [0.25, 0.3) is 21.6 Å². The quantitative estimate of drug-likeness (QED) is 0.732. The van der Waals surface area contributed by atoms with Gasteiger partial charge < -0.3 is 10.1 Å². The molecule has 134 valence electrons. The first kappa shape index (κ1) is 16.1. The van der Waals surface area contributed by atoms with Crippen LogP contribution in [0.5, 0.6) is 0 Å². The van der Waals surface area contributed by atoms with Crippen LogP contribution in [0.15, 0.2) is 24.5 Å². The number of rotatable bonds is 5. The Hall–Kier alpha value is -2.05. The Morgan fingerprint density at radius 3 is 2.88 bits per heavy atom. The van der Waals surface area contributed by atoms with E-state index in [1.54, 1.807) is 6.20 Å². The maximum absolute atomic E-state index is 5.78. The summed E-state index contributed by atoms with van der Waals surface area (Å²) < 4.78 is 5.78. The van der Waals surface area contributed by atoms with Crippen LogP contribution in [0.2, 0.25) is 0 Å². The standard InChI is InChI=1S/C20H22N4OS/c1-25-20(8-4-9-20)12-22-18-16-14-6-2-7-15(14)26-19(16)24-17(23-18)13-5-3-10-21-11-13/h3,5,10-11H,2,4,6-9,12H2,1H3,(H,22,23,24). The molecule has 0 unspecified atom stereocenters. The van der Waals surface area contributed by atoms with Gasteiger partial charge in [0.2, 0.25) is 0 Å². The van der Waals surface area contributed by atoms with Crippen molar-refractivity contribution in [1.82, 2.24) is 15.0 Å². The van der Waals surface area contributed by atoms with Crippen LogP contribution in [0, 0.1) is 0 Å². The van der Waals surface area contributed by atoms with E-state index in [0.29, 0.717) is 0 Å². The molecule has 6 heteroatoms. The van der Waals surface area contributed by atoms with Gasteiger partial charge in [-0.25, -0.2) is 9.97 Å². The van der Waals surface area contributed by atoms with Gasteiger partial charge in [-0.3, -0.25) is 4.98 Å². The molecule has 0 atom stereocenters. The van der Waals surface area contributed by atoms with Crippen LogP contribution >= 0.6 is 11.3 Å². The third-order valence-electron chi connectivity index (χ3n) is 5.76. The van der Waals surface area contributed by atoms with Crippen LogP contribution in [0.4, 0.5) is 5.82 Å². The highest BCUT2D eigenvalue weighted by Gasteiger charge is 2.37. The maximum atomic E-state index is 5.78. The van der Waals surface area contributed by atoms with Gasteiger partial charge in [0.25, 0.3) is 0 Å². The molecule has 1 N–H and O–H groups in total. The number of nitrogens with zero attached hydrogens (tertiary/aromatic N) is 3. The topological polar surface area (TPSA) is 59.9 Å². The van der Waals surface area contributed by atoms with Crippen molar-refractivity contribution < 1.29 is 4.74 Å². The van der Waals surface area contributed by atoms with E-state index in [1.807, 2.05) is 36.8 Å². The van der Waals surface area contributed by atoms with Crippen LogP contribution in [0.1, 0.15) is 36.1 Å². The molecule has 2 aliphatic carbocycles. The fourth-order valence-electron chi connectivity index (χ4n) is 4.02. The van der Waals surface area contributed by atoms with E-state index >= 15 is 0 Å². The van der Waals surface area contributed by atoms with E-state index in [1.165, 1.54) is 35.1 Å². The van der Waals surface area contributed by atoms with E-state index in [4.69, 9.17) is 14.7 Å². The monoisotopic (exact) mass is 366 g/mol. The zero-order valence-electron chi connectivity index (χ0n) is 14.9. The Bertz CT molecular complexity index is 944. The van der Waals surface area contributed by atoms with Crippen LogP contribution in [-0.4, -0.2) is 34.2 Å². The molecule has 0 saturated heterocycles. The Morgan fingerprint density at radius 1 is 1.23 bits per heavy atom. The van der Waals surface area contributed by atoms with Crippen molar-refractivity contribution in [3.63, 3.8) is 0 Å². The summed E-state index contributed by atoms with van der Waals surface area (Å²) >= 11 is 1.83.